The number of benzene rings is 3. The highest BCUT2D eigenvalue weighted by Crippen LogP contribution is 2.39. The van der Waals surface area contributed by atoms with E-state index in [1.165, 1.54) is 48.5 Å². The van der Waals surface area contributed by atoms with Crippen LogP contribution in [0.2, 0.25) is 0 Å². The molecule has 2 heterocycles. The van der Waals surface area contributed by atoms with Crippen LogP contribution in [0, 0.1) is 5.82 Å². The summed E-state index contributed by atoms with van der Waals surface area (Å²) < 4.78 is 84.0. The van der Waals surface area contributed by atoms with Gasteiger partial charge in [-0.15, -0.1) is 0 Å². The van der Waals surface area contributed by atoms with E-state index in [0.29, 0.717) is 17.3 Å². The van der Waals surface area contributed by atoms with Crippen LogP contribution in [0.3, 0.4) is 0 Å². The molecule has 2 aromatic heterocycles. The minimum atomic E-state index is -4.65. The molecule has 0 bridgehead atoms. The molecule has 3 aromatic carbocycles. The number of hydrogen-bond acceptors (Lipinski definition) is 7. The van der Waals surface area contributed by atoms with Gasteiger partial charge in [0.05, 0.1) is 22.5 Å². The zero-order chi connectivity index (χ0) is 29.0. The molecule has 0 saturated carbocycles. The third-order valence-electron chi connectivity index (χ3n) is 6.09. The van der Waals surface area contributed by atoms with E-state index in [9.17, 15) is 40.7 Å². The Bertz CT molecular complexity index is 2030. The fourth-order valence-corrected chi connectivity index (χ4v) is 5.70. The first-order valence-corrected chi connectivity index (χ1v) is 14.1. The maximum atomic E-state index is 13.8. The smallest absolute Gasteiger partial charge is 0.416 e. The zero-order valence-electron chi connectivity index (χ0n) is 20.3. The van der Waals surface area contributed by atoms with Gasteiger partial charge in [0.25, 0.3) is 5.56 Å². The molecule has 206 valence electrons. The van der Waals surface area contributed by atoms with Crippen LogP contribution in [0.25, 0.3) is 21.9 Å². The Balaban J connectivity index is 1.78. The second-order valence-corrected chi connectivity index (χ2v) is 12.0. The monoisotopic (exact) mass is 591 g/mol. The lowest BCUT2D eigenvalue weighted by molar-refractivity contribution is -0.137. The molecule has 0 fully saturated rings. The molecule has 0 atom stereocenters. The van der Waals surface area contributed by atoms with Gasteiger partial charge in [-0.05, 0) is 54.1 Å². The summed E-state index contributed by atoms with van der Waals surface area (Å²) in [6, 6.07) is 13.0. The second-order valence-electron chi connectivity index (χ2n) is 8.87. The summed E-state index contributed by atoms with van der Waals surface area (Å²) in [6.45, 7) is -0.173. The molecule has 13 heteroatoms. The summed E-state index contributed by atoms with van der Waals surface area (Å²) in [6.07, 6.45) is -3.68. The first-order valence-electron chi connectivity index (χ1n) is 11.4. The van der Waals surface area contributed by atoms with Gasteiger partial charge in [0.1, 0.15) is 16.1 Å². The average molecular weight is 592 g/mol. The summed E-state index contributed by atoms with van der Waals surface area (Å²) >= 11 is 0.492. The van der Waals surface area contributed by atoms with Gasteiger partial charge in [0, 0.05) is 16.5 Å². The van der Waals surface area contributed by atoms with Crippen LogP contribution < -0.4 is 11.2 Å². The van der Waals surface area contributed by atoms with Gasteiger partial charge in [0.15, 0.2) is 21.2 Å². The van der Waals surface area contributed by atoms with Crippen molar-refractivity contribution in [2.45, 2.75) is 27.4 Å². The number of rotatable bonds is 5. The predicted octanol–water partition coefficient (Wildman–Crippen LogP) is 5.57. The number of pyridine rings is 1. The summed E-state index contributed by atoms with van der Waals surface area (Å²) in [7, 11) is -3.72. The van der Waals surface area contributed by atoms with Gasteiger partial charge in [-0.25, -0.2) is 17.6 Å². The van der Waals surface area contributed by atoms with E-state index in [-0.39, 0.29) is 32.8 Å². The SMILES string of the molecule is CS(=O)(=O)c1ccc2c3oc(=O)c(Sc4cccc(C(F)(F)F)c4)c(O)c3c(=O)n(Cc3ccc(F)cc3)c2c1. The fourth-order valence-electron chi connectivity index (χ4n) is 4.17. The molecule has 0 aliphatic heterocycles. The van der Waals surface area contributed by atoms with Gasteiger partial charge >= 0.3 is 11.8 Å². The van der Waals surface area contributed by atoms with Crippen molar-refractivity contribution in [2.24, 2.45) is 0 Å². The van der Waals surface area contributed by atoms with Crippen molar-refractivity contribution in [3.8, 4) is 5.75 Å². The molecule has 7 nitrogen and oxygen atoms in total. The summed E-state index contributed by atoms with van der Waals surface area (Å²) in [4.78, 5) is 26.0. The lowest BCUT2D eigenvalue weighted by Gasteiger charge is -2.15. The Morgan fingerprint density at radius 1 is 1.00 bits per heavy atom. The summed E-state index contributed by atoms with van der Waals surface area (Å²) in [5.74, 6) is -1.32. The van der Waals surface area contributed by atoms with E-state index in [0.717, 1.165) is 29.0 Å². The minimum Gasteiger partial charge on any atom is -0.505 e. The number of nitrogens with zero attached hydrogens (tertiary/aromatic N) is 1. The van der Waals surface area contributed by atoms with E-state index >= 15 is 0 Å². The Morgan fingerprint density at radius 3 is 2.35 bits per heavy atom. The number of alkyl halides is 3. The average Bonchev–Trinajstić information content (AvgIpc) is 2.88. The number of halogens is 4. The molecule has 40 heavy (non-hydrogen) atoms. The molecule has 5 aromatic rings. The Hall–Kier alpha value is -4.10. The van der Waals surface area contributed by atoms with E-state index in [4.69, 9.17) is 4.42 Å². The number of hydrogen-bond donors (Lipinski definition) is 1. The highest BCUT2D eigenvalue weighted by atomic mass is 32.2. The quantitative estimate of drug-likeness (QED) is 0.210. The van der Waals surface area contributed by atoms with Gasteiger partial charge in [-0.1, -0.05) is 30.0 Å². The topological polar surface area (TPSA) is 107 Å². The van der Waals surface area contributed by atoms with Crippen LogP contribution in [0.4, 0.5) is 17.6 Å². The highest BCUT2D eigenvalue weighted by molar-refractivity contribution is 7.99. The normalized spacial score (nSPS) is 12.3. The second kappa shape index (κ2) is 9.82. The maximum Gasteiger partial charge on any atom is 0.416 e. The van der Waals surface area contributed by atoms with E-state index in [1.807, 2.05) is 0 Å². The van der Waals surface area contributed by atoms with E-state index in [2.05, 4.69) is 0 Å². The molecular formula is C27H17F4NO6S2. The molecule has 0 aliphatic rings. The van der Waals surface area contributed by atoms with Crippen LogP contribution in [-0.4, -0.2) is 24.3 Å². The molecule has 5 rings (SSSR count). The largest absolute Gasteiger partial charge is 0.505 e. The van der Waals surface area contributed by atoms with Gasteiger partial charge in [-0.2, -0.15) is 13.2 Å². The molecule has 0 unspecified atom stereocenters. The zero-order valence-corrected chi connectivity index (χ0v) is 22.0. The molecular weight excluding hydrogens is 574 g/mol. The first kappa shape index (κ1) is 27.5. The van der Waals surface area contributed by atoms with E-state index in [1.54, 1.807) is 0 Å². The van der Waals surface area contributed by atoms with Crippen LogP contribution in [0.1, 0.15) is 11.1 Å². The number of fused-ring (bicyclic) bond motifs is 3. The molecule has 0 amide bonds. The third kappa shape index (κ3) is 5.09. The highest BCUT2D eigenvalue weighted by Gasteiger charge is 2.31. The number of aromatic nitrogens is 1. The van der Waals surface area contributed by atoms with Crippen LogP contribution in [-0.2, 0) is 22.6 Å². The van der Waals surface area contributed by atoms with Crippen molar-refractivity contribution in [1.29, 1.82) is 0 Å². The van der Waals surface area contributed by atoms with Crippen molar-refractivity contribution in [2.75, 3.05) is 6.26 Å². The van der Waals surface area contributed by atoms with Crippen molar-refractivity contribution in [1.82, 2.24) is 4.57 Å². The van der Waals surface area contributed by atoms with Crippen molar-refractivity contribution in [3.63, 3.8) is 0 Å². The van der Waals surface area contributed by atoms with Crippen LogP contribution >= 0.6 is 11.8 Å². The fraction of sp³-hybridized carbons (Fsp3) is 0.111. The molecule has 0 aliphatic carbocycles. The minimum absolute atomic E-state index is 0.0398. The van der Waals surface area contributed by atoms with Gasteiger partial charge in [0.2, 0.25) is 0 Å². The molecule has 1 N–H and O–H groups in total. The van der Waals surface area contributed by atoms with Gasteiger partial charge in [-0.3, -0.25) is 4.79 Å². The van der Waals surface area contributed by atoms with E-state index < -0.39 is 54.6 Å². The standard InChI is InChI=1S/C27H17F4NO6S2/c1-40(36,37)18-9-10-19-20(12-18)32(13-14-5-7-16(28)8-6-14)25(34)21-22(33)24(26(35)38-23(19)21)39-17-4-2-3-15(11-17)27(29,30)31/h2-12,33H,13H2,1H3. The number of aromatic hydroxyl groups is 1. The molecule has 0 spiro atoms. The van der Waals surface area contributed by atoms with Crippen LogP contribution in [0.15, 0.2) is 95.4 Å². The molecule has 0 saturated heterocycles. The van der Waals surface area contributed by atoms with Gasteiger partial charge < -0.3 is 14.1 Å². The lowest BCUT2D eigenvalue weighted by atomic mass is 10.1. The predicted molar refractivity (Wildman–Crippen MR) is 140 cm³/mol. The Kier molecular flexibility index (Phi) is 6.74. The first-order chi connectivity index (χ1) is 18.7. The van der Waals surface area contributed by atoms with Crippen molar-refractivity contribution in [3.05, 3.63) is 104 Å². The molecule has 0 radical (unpaired) electrons. The van der Waals surface area contributed by atoms with Crippen molar-refractivity contribution >= 4 is 43.5 Å². The Morgan fingerprint density at radius 2 is 1.70 bits per heavy atom. The van der Waals surface area contributed by atoms with Crippen LogP contribution in [0.5, 0.6) is 5.75 Å². The Labute approximate surface area is 227 Å². The maximum absolute atomic E-state index is 13.8. The summed E-state index contributed by atoms with van der Waals surface area (Å²) in [5.41, 5.74) is -2.76. The van der Waals surface area contributed by atoms with Crippen molar-refractivity contribution < 1.29 is 35.5 Å². The number of sulfone groups is 1. The lowest BCUT2D eigenvalue weighted by Crippen LogP contribution is -2.23. The third-order valence-corrected chi connectivity index (χ3v) is 8.25. The summed E-state index contributed by atoms with van der Waals surface area (Å²) in [5, 5.41) is 10.8.